The van der Waals surface area contributed by atoms with E-state index in [-0.39, 0.29) is 56.3 Å². The largest absolute Gasteiger partial charge is 1.00 e. The van der Waals surface area contributed by atoms with Gasteiger partial charge in [0.1, 0.15) is 10.0 Å². The van der Waals surface area contributed by atoms with E-state index >= 15 is 0 Å². The van der Waals surface area contributed by atoms with Gasteiger partial charge in [0, 0.05) is 4.90 Å². The number of aryl methyl sites for hydroxylation is 1. The van der Waals surface area contributed by atoms with E-state index in [1.807, 2.05) is 6.92 Å². The zero-order chi connectivity index (χ0) is 9.90. The SMILES string of the molecule is CCc1ccc(S(=O)(=O)[N-]Cl)cc1.[K+]. The second-order valence-corrected chi connectivity index (χ2v) is 4.52. The minimum atomic E-state index is -3.63. The van der Waals surface area contributed by atoms with E-state index in [2.05, 4.69) is 4.24 Å². The van der Waals surface area contributed by atoms with Crippen molar-refractivity contribution < 1.29 is 59.8 Å². The maximum Gasteiger partial charge on any atom is 1.00 e. The Hall–Kier alpha value is 1.06. The van der Waals surface area contributed by atoms with Gasteiger partial charge in [0.25, 0.3) is 0 Å². The van der Waals surface area contributed by atoms with Crippen LogP contribution in [0.2, 0.25) is 0 Å². The summed E-state index contributed by atoms with van der Waals surface area (Å²) < 4.78 is 25.0. The van der Waals surface area contributed by atoms with Crippen LogP contribution >= 0.6 is 11.8 Å². The number of benzene rings is 1. The molecular weight excluding hydrogens is 249 g/mol. The van der Waals surface area contributed by atoms with Gasteiger partial charge in [-0.3, -0.25) is 11.8 Å². The monoisotopic (exact) mass is 257 g/mol. The molecule has 0 spiro atoms. The van der Waals surface area contributed by atoms with Gasteiger partial charge >= 0.3 is 51.4 Å². The van der Waals surface area contributed by atoms with Crippen LogP contribution in [0.1, 0.15) is 12.5 Å². The van der Waals surface area contributed by atoms with Crippen LogP contribution in [-0.4, -0.2) is 8.42 Å². The van der Waals surface area contributed by atoms with Gasteiger partial charge in [-0.1, -0.05) is 19.1 Å². The van der Waals surface area contributed by atoms with Crippen molar-refractivity contribution in [2.75, 3.05) is 0 Å². The molecule has 0 saturated heterocycles. The summed E-state index contributed by atoms with van der Waals surface area (Å²) in [6, 6.07) is 6.49. The summed E-state index contributed by atoms with van der Waals surface area (Å²) in [6.07, 6.45) is 0.873. The Bertz CT molecular complexity index is 377. The first kappa shape index (κ1) is 15.1. The molecule has 14 heavy (non-hydrogen) atoms. The molecule has 72 valence electrons. The number of hydrogen-bond donors (Lipinski definition) is 0. The van der Waals surface area contributed by atoms with Gasteiger partial charge in [-0.25, -0.2) is 8.42 Å². The Morgan fingerprint density at radius 1 is 1.29 bits per heavy atom. The summed E-state index contributed by atoms with van der Waals surface area (Å²) in [4.78, 5) is 0.125. The van der Waals surface area contributed by atoms with Crippen molar-refractivity contribution in [1.29, 1.82) is 0 Å². The molecule has 1 rings (SSSR count). The summed E-state index contributed by atoms with van der Waals surface area (Å²) in [5.74, 6) is 0. The van der Waals surface area contributed by atoms with E-state index in [4.69, 9.17) is 11.8 Å². The molecule has 6 heteroatoms. The molecule has 0 saturated carbocycles. The van der Waals surface area contributed by atoms with Crippen molar-refractivity contribution in [3.63, 3.8) is 0 Å². The fourth-order valence-corrected chi connectivity index (χ4v) is 1.74. The topological polar surface area (TPSA) is 48.2 Å². The molecular formula is C8H9ClKNO2S. The summed E-state index contributed by atoms with van der Waals surface area (Å²) in [5, 5.41) is 0. The van der Waals surface area contributed by atoms with E-state index in [1.54, 1.807) is 12.1 Å². The predicted octanol–water partition coefficient (Wildman–Crippen LogP) is -0.531. The standard InChI is InChI=1S/C8H9ClNO2S.K/c1-2-7-3-5-8(6-4-7)13(11,12)10-9;/h3-6H,2H2,1H3;/q-1;+1. The van der Waals surface area contributed by atoms with Crippen LogP contribution in [0.15, 0.2) is 29.2 Å². The van der Waals surface area contributed by atoms with Crippen molar-refractivity contribution in [2.24, 2.45) is 0 Å². The van der Waals surface area contributed by atoms with E-state index in [0.29, 0.717) is 0 Å². The van der Waals surface area contributed by atoms with Gasteiger partial charge in [0.15, 0.2) is 0 Å². The zero-order valence-corrected chi connectivity index (χ0v) is 12.8. The number of halogens is 1. The Morgan fingerprint density at radius 3 is 2.14 bits per heavy atom. The summed E-state index contributed by atoms with van der Waals surface area (Å²) in [7, 11) is -3.63. The molecule has 0 amide bonds. The Labute approximate surface area is 132 Å². The fraction of sp³-hybridized carbons (Fsp3) is 0.250. The maximum absolute atomic E-state index is 11.1. The number of rotatable bonds is 3. The molecule has 3 nitrogen and oxygen atoms in total. The van der Waals surface area contributed by atoms with Gasteiger partial charge in [0.2, 0.25) is 0 Å². The molecule has 0 atom stereocenters. The average Bonchev–Trinajstić information content (AvgIpc) is 2.18. The van der Waals surface area contributed by atoms with E-state index in [9.17, 15) is 8.42 Å². The molecule has 0 aliphatic heterocycles. The summed E-state index contributed by atoms with van der Waals surface area (Å²) in [6.45, 7) is 2.00. The Kier molecular flexibility index (Phi) is 7.10. The molecule has 0 fully saturated rings. The maximum atomic E-state index is 11.1. The summed E-state index contributed by atoms with van der Waals surface area (Å²) in [5.41, 5.74) is 1.08. The van der Waals surface area contributed by atoms with Crippen molar-refractivity contribution in [1.82, 2.24) is 0 Å². The van der Waals surface area contributed by atoms with Crippen LogP contribution in [-0.2, 0) is 16.4 Å². The van der Waals surface area contributed by atoms with Crippen LogP contribution in [0.4, 0.5) is 0 Å². The van der Waals surface area contributed by atoms with Crippen molar-refractivity contribution >= 4 is 21.8 Å². The molecule has 0 heterocycles. The van der Waals surface area contributed by atoms with Crippen molar-refractivity contribution in [3.05, 3.63) is 34.1 Å². The molecule has 1 aromatic rings. The molecule has 0 bridgehead atoms. The van der Waals surface area contributed by atoms with Crippen LogP contribution < -0.4 is 51.4 Å². The van der Waals surface area contributed by atoms with Crippen LogP contribution in [0.5, 0.6) is 0 Å². The van der Waals surface area contributed by atoms with Gasteiger partial charge in [0.05, 0.1) is 0 Å². The number of nitrogens with zero attached hydrogens (tertiary/aromatic N) is 1. The molecule has 0 aromatic heterocycles. The minimum Gasteiger partial charge on any atom is -0.458 e. The van der Waals surface area contributed by atoms with Gasteiger partial charge in [-0.2, -0.15) is 0 Å². The molecule has 1 aromatic carbocycles. The minimum absolute atomic E-state index is 0. The third-order valence-corrected chi connectivity index (χ3v) is 3.31. The predicted molar refractivity (Wildman–Crippen MR) is 52.2 cm³/mol. The average molecular weight is 258 g/mol. The Morgan fingerprint density at radius 2 is 1.79 bits per heavy atom. The molecule has 0 aliphatic rings. The first-order valence-electron chi connectivity index (χ1n) is 3.77. The fourth-order valence-electron chi connectivity index (χ4n) is 0.937. The van der Waals surface area contributed by atoms with Crippen LogP contribution in [0, 0.1) is 0 Å². The van der Waals surface area contributed by atoms with Crippen LogP contribution in [0.3, 0.4) is 0 Å². The number of hydrogen-bond acceptors (Lipinski definition) is 2. The first-order chi connectivity index (χ1) is 6.10. The normalized spacial score (nSPS) is 10.7. The second kappa shape index (κ2) is 6.60. The van der Waals surface area contributed by atoms with Crippen molar-refractivity contribution in [2.45, 2.75) is 18.2 Å². The Balaban J connectivity index is 0.00000169. The van der Waals surface area contributed by atoms with Gasteiger partial charge < -0.3 is 4.24 Å². The van der Waals surface area contributed by atoms with Crippen LogP contribution in [0.25, 0.3) is 4.24 Å². The molecule has 0 unspecified atom stereocenters. The van der Waals surface area contributed by atoms with E-state index in [1.165, 1.54) is 12.1 Å². The van der Waals surface area contributed by atoms with Crippen molar-refractivity contribution in [3.8, 4) is 0 Å². The van der Waals surface area contributed by atoms with Gasteiger partial charge in [-0.15, -0.1) is 0 Å². The smallest absolute Gasteiger partial charge is 0.458 e. The third kappa shape index (κ3) is 3.90. The third-order valence-electron chi connectivity index (χ3n) is 1.72. The number of sulfonamides is 1. The molecule has 0 aliphatic carbocycles. The molecule has 0 radical (unpaired) electrons. The van der Waals surface area contributed by atoms with Gasteiger partial charge in [-0.05, 0) is 24.1 Å². The zero-order valence-electron chi connectivity index (χ0n) is 8.07. The molecule has 0 N–H and O–H groups in total. The quantitative estimate of drug-likeness (QED) is 0.684. The first-order valence-corrected chi connectivity index (χ1v) is 5.55. The van der Waals surface area contributed by atoms with E-state index in [0.717, 1.165) is 12.0 Å². The van der Waals surface area contributed by atoms with E-state index < -0.39 is 10.0 Å². The second-order valence-electron chi connectivity index (χ2n) is 2.54. The summed E-state index contributed by atoms with van der Waals surface area (Å²) >= 11 is 4.94.